The summed E-state index contributed by atoms with van der Waals surface area (Å²) in [5, 5.41) is 0. The van der Waals surface area contributed by atoms with Crippen molar-refractivity contribution in [3.05, 3.63) is 0 Å². The summed E-state index contributed by atoms with van der Waals surface area (Å²) in [6.07, 6.45) is 12.6. The van der Waals surface area contributed by atoms with Crippen LogP contribution in [0.3, 0.4) is 0 Å². The molecule has 0 amide bonds. The molecule has 3 rings (SSSR count). The van der Waals surface area contributed by atoms with E-state index in [0.717, 1.165) is 29.6 Å². The van der Waals surface area contributed by atoms with Crippen molar-refractivity contribution in [3.63, 3.8) is 0 Å². The topological polar surface area (TPSA) is 0 Å². The van der Waals surface area contributed by atoms with Crippen molar-refractivity contribution in [2.45, 2.75) is 58.3 Å². The fourth-order valence-electron chi connectivity index (χ4n) is 4.78. The molecule has 3 aliphatic carbocycles. The van der Waals surface area contributed by atoms with Crippen LogP contribution in [-0.2, 0) is 0 Å². The van der Waals surface area contributed by atoms with E-state index in [2.05, 4.69) is 6.92 Å². The molecule has 3 saturated carbocycles. The van der Waals surface area contributed by atoms with Crippen LogP contribution in [-0.4, -0.2) is 0 Å². The molecule has 3 fully saturated rings. The third kappa shape index (κ3) is 1.51. The highest BCUT2D eigenvalue weighted by atomic mass is 14.5. The average molecular weight is 192 g/mol. The first kappa shape index (κ1) is 9.24. The second-order valence-electron chi connectivity index (χ2n) is 6.37. The van der Waals surface area contributed by atoms with E-state index in [-0.39, 0.29) is 0 Å². The molecule has 0 nitrogen and oxygen atoms in total. The zero-order valence-corrected chi connectivity index (χ0v) is 9.54. The van der Waals surface area contributed by atoms with Gasteiger partial charge >= 0.3 is 0 Å². The number of hydrogen-bond donors (Lipinski definition) is 0. The van der Waals surface area contributed by atoms with Crippen LogP contribution in [0.2, 0.25) is 0 Å². The summed E-state index contributed by atoms with van der Waals surface area (Å²) < 4.78 is 0. The van der Waals surface area contributed by atoms with E-state index in [1.165, 1.54) is 12.8 Å². The summed E-state index contributed by atoms with van der Waals surface area (Å²) in [6.45, 7) is 2.46. The molecule has 0 spiro atoms. The van der Waals surface area contributed by atoms with Crippen molar-refractivity contribution in [3.8, 4) is 0 Å². The number of fused-ring (bicyclic) bond motifs is 1. The van der Waals surface area contributed by atoms with E-state index in [9.17, 15) is 0 Å². The molecular weight excluding hydrogens is 168 g/mol. The summed E-state index contributed by atoms with van der Waals surface area (Å²) in [5.74, 6) is 5.65. The van der Waals surface area contributed by atoms with Gasteiger partial charge in [0, 0.05) is 0 Å². The first-order chi connectivity index (χ1) is 6.83. The van der Waals surface area contributed by atoms with Crippen molar-refractivity contribution >= 4 is 0 Å². The summed E-state index contributed by atoms with van der Waals surface area (Å²) >= 11 is 0. The maximum Gasteiger partial charge on any atom is -0.0380 e. The van der Waals surface area contributed by atoms with E-state index in [1.807, 2.05) is 0 Å². The maximum absolute atomic E-state index is 2.46. The van der Waals surface area contributed by atoms with Gasteiger partial charge in [-0.15, -0.1) is 0 Å². The van der Waals surface area contributed by atoms with Crippen LogP contribution < -0.4 is 0 Å². The first-order valence-corrected chi connectivity index (χ1v) is 6.83. The largest absolute Gasteiger partial charge is 0.0625 e. The Labute approximate surface area is 88.5 Å². The fourth-order valence-corrected chi connectivity index (χ4v) is 4.78. The van der Waals surface area contributed by atoms with Gasteiger partial charge < -0.3 is 0 Å². The zero-order chi connectivity index (χ0) is 9.54. The van der Waals surface area contributed by atoms with Gasteiger partial charge in [-0.25, -0.2) is 0 Å². The predicted octanol–water partition coefficient (Wildman–Crippen LogP) is 4.25. The van der Waals surface area contributed by atoms with E-state index < -0.39 is 0 Å². The molecule has 3 aliphatic rings. The third-order valence-corrected chi connectivity index (χ3v) is 5.35. The van der Waals surface area contributed by atoms with Crippen LogP contribution in [0.25, 0.3) is 0 Å². The van der Waals surface area contributed by atoms with Crippen molar-refractivity contribution < 1.29 is 0 Å². The Morgan fingerprint density at radius 2 is 1.14 bits per heavy atom. The van der Waals surface area contributed by atoms with Crippen LogP contribution >= 0.6 is 0 Å². The summed E-state index contributed by atoms with van der Waals surface area (Å²) in [5.41, 5.74) is 0. The molecule has 2 atom stereocenters. The van der Waals surface area contributed by atoms with Crippen molar-refractivity contribution in [2.75, 3.05) is 0 Å². The highest BCUT2D eigenvalue weighted by molar-refractivity contribution is 4.93. The lowest BCUT2D eigenvalue weighted by molar-refractivity contribution is 0.316. The van der Waals surface area contributed by atoms with Gasteiger partial charge in [-0.1, -0.05) is 32.6 Å². The molecule has 14 heavy (non-hydrogen) atoms. The van der Waals surface area contributed by atoms with Gasteiger partial charge in [0.15, 0.2) is 0 Å². The molecular formula is C14H24. The molecule has 0 bridgehead atoms. The highest BCUT2D eigenvalue weighted by Crippen LogP contribution is 2.53. The lowest BCUT2D eigenvalue weighted by Crippen LogP contribution is -2.09. The van der Waals surface area contributed by atoms with Gasteiger partial charge in [0.25, 0.3) is 0 Å². The lowest BCUT2D eigenvalue weighted by Gasteiger charge is -2.19. The Hall–Kier alpha value is 0. The molecule has 0 aromatic rings. The first-order valence-electron chi connectivity index (χ1n) is 6.83. The normalized spacial score (nSPS) is 48.6. The minimum Gasteiger partial charge on any atom is -0.0625 e. The highest BCUT2D eigenvalue weighted by Gasteiger charge is 2.42. The minimum atomic E-state index is 1.05. The van der Waals surface area contributed by atoms with Crippen LogP contribution in [0, 0.1) is 29.6 Å². The van der Waals surface area contributed by atoms with Gasteiger partial charge in [0.2, 0.25) is 0 Å². The molecule has 0 heterocycles. The summed E-state index contributed by atoms with van der Waals surface area (Å²) in [6, 6.07) is 0. The zero-order valence-electron chi connectivity index (χ0n) is 9.54. The van der Waals surface area contributed by atoms with Gasteiger partial charge in [-0.3, -0.25) is 0 Å². The average Bonchev–Trinajstić information content (AvgIpc) is 2.74. The SMILES string of the molecule is CC1CC2CC(C3CCCC3)CC2C1. The monoisotopic (exact) mass is 192 g/mol. The maximum atomic E-state index is 2.46. The second-order valence-corrected chi connectivity index (χ2v) is 6.37. The van der Waals surface area contributed by atoms with E-state index >= 15 is 0 Å². The fraction of sp³-hybridized carbons (Fsp3) is 1.00. The second kappa shape index (κ2) is 3.54. The van der Waals surface area contributed by atoms with Crippen molar-refractivity contribution in [2.24, 2.45) is 29.6 Å². The molecule has 0 radical (unpaired) electrons. The van der Waals surface area contributed by atoms with Crippen LogP contribution in [0.4, 0.5) is 0 Å². The molecule has 0 heteroatoms. The molecule has 80 valence electrons. The van der Waals surface area contributed by atoms with Crippen molar-refractivity contribution in [1.29, 1.82) is 0 Å². The summed E-state index contributed by atoms with van der Waals surface area (Å²) in [4.78, 5) is 0. The van der Waals surface area contributed by atoms with Gasteiger partial charge in [0.05, 0.1) is 0 Å². The Morgan fingerprint density at radius 1 is 0.643 bits per heavy atom. The summed E-state index contributed by atoms with van der Waals surface area (Å²) in [7, 11) is 0. The molecule has 0 aromatic carbocycles. The molecule has 2 unspecified atom stereocenters. The standard InChI is InChI=1S/C14H24/c1-10-6-12-8-14(9-13(12)7-10)11-4-2-3-5-11/h10-14H,2-9H2,1H3. The Morgan fingerprint density at radius 3 is 1.71 bits per heavy atom. The molecule has 0 N–H and O–H groups in total. The van der Waals surface area contributed by atoms with E-state index in [4.69, 9.17) is 0 Å². The third-order valence-electron chi connectivity index (χ3n) is 5.35. The lowest BCUT2D eigenvalue weighted by atomic mass is 9.87. The van der Waals surface area contributed by atoms with Crippen LogP contribution in [0.5, 0.6) is 0 Å². The molecule has 0 aromatic heterocycles. The van der Waals surface area contributed by atoms with E-state index in [1.54, 1.807) is 38.5 Å². The smallest absolute Gasteiger partial charge is 0.0380 e. The molecule has 0 saturated heterocycles. The quantitative estimate of drug-likeness (QED) is 0.582. The van der Waals surface area contributed by atoms with Crippen LogP contribution in [0.1, 0.15) is 58.3 Å². The van der Waals surface area contributed by atoms with Crippen molar-refractivity contribution in [1.82, 2.24) is 0 Å². The van der Waals surface area contributed by atoms with Gasteiger partial charge in [-0.05, 0) is 55.3 Å². The van der Waals surface area contributed by atoms with E-state index in [0.29, 0.717) is 0 Å². The number of rotatable bonds is 1. The predicted molar refractivity (Wildman–Crippen MR) is 60.1 cm³/mol. The minimum absolute atomic E-state index is 1.05. The Kier molecular flexibility index (Phi) is 2.34. The van der Waals surface area contributed by atoms with Gasteiger partial charge in [0.1, 0.15) is 0 Å². The molecule has 0 aliphatic heterocycles. The van der Waals surface area contributed by atoms with Gasteiger partial charge in [-0.2, -0.15) is 0 Å². The number of hydrogen-bond acceptors (Lipinski definition) is 0. The van der Waals surface area contributed by atoms with Crippen LogP contribution in [0.15, 0.2) is 0 Å². The Bertz CT molecular complexity index is 188. The Balaban J connectivity index is 1.60.